The molecule has 1 aromatic heterocycles. The Hall–Kier alpha value is -1.26. The summed E-state index contributed by atoms with van der Waals surface area (Å²) in [4.78, 5) is 4.18. The van der Waals surface area contributed by atoms with Gasteiger partial charge in [0.2, 0.25) is 0 Å². The van der Waals surface area contributed by atoms with Crippen LogP contribution >= 0.6 is 23.6 Å². The van der Waals surface area contributed by atoms with Crippen LogP contribution in [-0.4, -0.2) is 4.98 Å². The third kappa shape index (κ3) is 2.37. The van der Waals surface area contributed by atoms with E-state index in [2.05, 4.69) is 10.3 Å². The molecule has 0 aliphatic heterocycles. The smallest absolute Gasteiger partial charge is 0.188 e. The zero-order valence-electron chi connectivity index (χ0n) is 7.31. The molecular formula is C10H8N2S2. The van der Waals surface area contributed by atoms with Crippen molar-refractivity contribution in [1.82, 2.24) is 4.98 Å². The standard InChI is InChI=1S/C10H8N2S2/c13-9-6-7-11-10(14-9)12-8-4-2-1-3-5-8/h1-7H,(H,11,12). The number of aromatic nitrogens is 1. The second kappa shape index (κ2) is 4.30. The van der Waals surface area contributed by atoms with Gasteiger partial charge >= 0.3 is 0 Å². The van der Waals surface area contributed by atoms with Crippen LogP contribution in [-0.2, 0) is 0 Å². The highest BCUT2D eigenvalue weighted by Crippen LogP contribution is 2.17. The minimum absolute atomic E-state index is 0.823. The third-order valence-electron chi connectivity index (χ3n) is 1.62. The Balaban J connectivity index is 2.24. The Morgan fingerprint density at radius 2 is 1.93 bits per heavy atom. The number of nitrogens with zero attached hydrogens (tertiary/aromatic N) is 1. The molecule has 0 radical (unpaired) electrons. The van der Waals surface area contributed by atoms with Crippen LogP contribution in [0.5, 0.6) is 0 Å². The predicted octanol–water partition coefficient (Wildman–Crippen LogP) is 3.62. The molecule has 1 heterocycles. The molecule has 14 heavy (non-hydrogen) atoms. The molecule has 0 atom stereocenters. The Bertz CT molecular complexity index is 465. The van der Waals surface area contributed by atoms with Crippen LogP contribution in [0.2, 0.25) is 0 Å². The molecule has 0 amide bonds. The van der Waals surface area contributed by atoms with E-state index in [1.54, 1.807) is 6.20 Å². The Morgan fingerprint density at radius 1 is 1.14 bits per heavy atom. The molecule has 0 fully saturated rings. The fourth-order valence-corrected chi connectivity index (χ4v) is 1.92. The van der Waals surface area contributed by atoms with Crippen molar-refractivity contribution in [1.29, 1.82) is 0 Å². The van der Waals surface area contributed by atoms with Gasteiger partial charge in [0, 0.05) is 11.9 Å². The van der Waals surface area contributed by atoms with E-state index in [-0.39, 0.29) is 0 Å². The van der Waals surface area contributed by atoms with Gasteiger partial charge in [-0.3, -0.25) is 0 Å². The van der Waals surface area contributed by atoms with Gasteiger partial charge in [-0.2, -0.15) is 0 Å². The molecule has 0 saturated carbocycles. The van der Waals surface area contributed by atoms with E-state index in [0.717, 1.165) is 14.6 Å². The monoisotopic (exact) mass is 220 g/mol. The first kappa shape index (κ1) is 9.30. The number of rotatable bonds is 2. The summed E-state index contributed by atoms with van der Waals surface area (Å²) in [5.74, 6) is 0. The number of anilines is 2. The minimum Gasteiger partial charge on any atom is -0.332 e. The van der Waals surface area contributed by atoms with Gasteiger partial charge in [-0.15, -0.1) is 0 Å². The molecule has 0 unspecified atom stereocenters. The Labute approximate surface area is 91.3 Å². The number of nitrogens with one attached hydrogen (secondary N) is 1. The molecule has 0 aliphatic carbocycles. The molecule has 1 N–H and O–H groups in total. The fourth-order valence-electron chi connectivity index (χ4n) is 1.02. The van der Waals surface area contributed by atoms with Crippen molar-refractivity contribution < 1.29 is 0 Å². The van der Waals surface area contributed by atoms with Crippen LogP contribution in [0.1, 0.15) is 0 Å². The van der Waals surface area contributed by atoms with Gasteiger partial charge in [-0.1, -0.05) is 41.8 Å². The van der Waals surface area contributed by atoms with Crippen LogP contribution in [0.4, 0.5) is 10.8 Å². The van der Waals surface area contributed by atoms with Gasteiger partial charge < -0.3 is 5.32 Å². The first-order valence-corrected chi connectivity index (χ1v) is 5.35. The van der Waals surface area contributed by atoms with Gasteiger partial charge in [-0.25, -0.2) is 4.98 Å². The maximum Gasteiger partial charge on any atom is 0.188 e. The fraction of sp³-hybridized carbons (Fsp3) is 0. The molecule has 4 heteroatoms. The molecule has 0 spiro atoms. The van der Waals surface area contributed by atoms with Gasteiger partial charge in [0.1, 0.15) is 0 Å². The van der Waals surface area contributed by atoms with Crippen molar-refractivity contribution >= 4 is 34.4 Å². The predicted molar refractivity (Wildman–Crippen MR) is 62.7 cm³/mol. The highest BCUT2D eigenvalue weighted by molar-refractivity contribution is 7.73. The van der Waals surface area contributed by atoms with E-state index >= 15 is 0 Å². The summed E-state index contributed by atoms with van der Waals surface area (Å²) >= 11 is 6.52. The first-order valence-electron chi connectivity index (χ1n) is 4.13. The summed E-state index contributed by atoms with van der Waals surface area (Å²) in [6.45, 7) is 0. The summed E-state index contributed by atoms with van der Waals surface area (Å²) in [6.07, 6.45) is 1.71. The number of hydrogen-bond donors (Lipinski definition) is 1. The molecule has 2 nitrogen and oxygen atoms in total. The lowest BCUT2D eigenvalue weighted by molar-refractivity contribution is 1.36. The lowest BCUT2D eigenvalue weighted by atomic mass is 10.3. The molecule has 0 bridgehead atoms. The van der Waals surface area contributed by atoms with Crippen LogP contribution in [0.15, 0.2) is 42.6 Å². The van der Waals surface area contributed by atoms with Crippen molar-refractivity contribution in [2.24, 2.45) is 0 Å². The van der Waals surface area contributed by atoms with Gasteiger partial charge in [-0.05, 0) is 18.2 Å². The van der Waals surface area contributed by atoms with Gasteiger partial charge in [0.05, 0.1) is 3.82 Å². The SMILES string of the molecule is S=c1ccnc(Nc2ccccc2)s1. The Kier molecular flexibility index (Phi) is 2.86. The number of para-hydroxylation sites is 1. The number of benzene rings is 1. The second-order valence-corrected chi connectivity index (χ2v) is 4.39. The topological polar surface area (TPSA) is 24.9 Å². The number of hydrogen-bond acceptors (Lipinski definition) is 4. The summed E-state index contributed by atoms with van der Waals surface area (Å²) in [7, 11) is 0. The van der Waals surface area contributed by atoms with Crippen molar-refractivity contribution in [3.8, 4) is 0 Å². The van der Waals surface area contributed by atoms with Crippen LogP contribution in [0.3, 0.4) is 0 Å². The lowest BCUT2D eigenvalue weighted by Crippen LogP contribution is -1.89. The molecule has 0 aliphatic rings. The quantitative estimate of drug-likeness (QED) is 0.782. The van der Waals surface area contributed by atoms with E-state index in [0.29, 0.717) is 0 Å². The van der Waals surface area contributed by atoms with Crippen molar-refractivity contribution in [3.63, 3.8) is 0 Å². The van der Waals surface area contributed by atoms with Crippen molar-refractivity contribution in [3.05, 3.63) is 46.4 Å². The molecule has 2 aromatic rings. The normalized spacial score (nSPS) is 9.71. The van der Waals surface area contributed by atoms with Crippen LogP contribution in [0.25, 0.3) is 0 Å². The van der Waals surface area contributed by atoms with E-state index in [9.17, 15) is 0 Å². The lowest BCUT2D eigenvalue weighted by Gasteiger charge is -2.02. The maximum absolute atomic E-state index is 5.05. The van der Waals surface area contributed by atoms with Crippen LogP contribution in [0, 0.1) is 3.82 Å². The average Bonchev–Trinajstić information content (AvgIpc) is 2.19. The molecule has 1 aromatic carbocycles. The first-order chi connectivity index (χ1) is 6.84. The summed E-state index contributed by atoms with van der Waals surface area (Å²) in [5.41, 5.74) is 1.02. The van der Waals surface area contributed by atoms with Gasteiger partial charge in [0.25, 0.3) is 0 Å². The van der Waals surface area contributed by atoms with E-state index < -0.39 is 0 Å². The summed E-state index contributed by atoms with van der Waals surface area (Å²) < 4.78 is 0.832. The van der Waals surface area contributed by atoms with Crippen LogP contribution < -0.4 is 5.32 Å². The second-order valence-electron chi connectivity index (χ2n) is 2.66. The highest BCUT2D eigenvalue weighted by atomic mass is 32.1. The summed E-state index contributed by atoms with van der Waals surface area (Å²) in [5, 5.41) is 4.01. The largest absolute Gasteiger partial charge is 0.332 e. The molecule has 70 valence electrons. The third-order valence-corrected chi connectivity index (χ3v) is 2.75. The van der Waals surface area contributed by atoms with Crippen molar-refractivity contribution in [2.75, 3.05) is 5.32 Å². The molecular weight excluding hydrogens is 212 g/mol. The zero-order valence-corrected chi connectivity index (χ0v) is 8.94. The minimum atomic E-state index is 0.823. The van der Waals surface area contributed by atoms with E-state index in [1.165, 1.54) is 11.3 Å². The maximum atomic E-state index is 5.05. The Morgan fingerprint density at radius 3 is 2.64 bits per heavy atom. The van der Waals surface area contributed by atoms with Gasteiger partial charge in [0.15, 0.2) is 5.13 Å². The molecule has 0 saturated heterocycles. The van der Waals surface area contributed by atoms with E-state index in [4.69, 9.17) is 12.2 Å². The van der Waals surface area contributed by atoms with E-state index in [1.807, 2.05) is 36.4 Å². The highest BCUT2D eigenvalue weighted by Gasteiger charge is 1.94. The van der Waals surface area contributed by atoms with Crippen molar-refractivity contribution in [2.45, 2.75) is 0 Å². The summed E-state index contributed by atoms with van der Waals surface area (Å²) in [6, 6.07) is 11.7. The zero-order chi connectivity index (χ0) is 9.80. The molecule has 2 rings (SSSR count). The average molecular weight is 220 g/mol.